The molecule has 1 fully saturated rings. The molecule has 2 atom stereocenters. The first-order chi connectivity index (χ1) is 12.8. The third-order valence-electron chi connectivity index (χ3n) is 4.94. The number of aryl methyl sites for hydroxylation is 1. The van der Waals surface area contributed by atoms with Crippen LogP contribution in [0.1, 0.15) is 17.3 Å². The lowest BCUT2D eigenvalue weighted by atomic mass is 10.1. The van der Waals surface area contributed by atoms with Crippen LogP contribution in [0.4, 0.5) is 5.95 Å². The quantitative estimate of drug-likeness (QED) is 0.734. The number of hydrogen-bond acceptors (Lipinski definition) is 6. The number of nitrogens with zero attached hydrogens (tertiary/aromatic N) is 3. The summed E-state index contributed by atoms with van der Waals surface area (Å²) in [7, 11) is 0. The van der Waals surface area contributed by atoms with Crippen molar-refractivity contribution in [3.63, 3.8) is 0 Å². The van der Waals surface area contributed by atoms with Crippen LogP contribution in [0.15, 0.2) is 35.1 Å². The molecule has 2 aliphatic heterocycles. The van der Waals surface area contributed by atoms with Gasteiger partial charge in [0.25, 0.3) is 5.56 Å². The van der Waals surface area contributed by atoms with Gasteiger partial charge in [0.15, 0.2) is 0 Å². The van der Waals surface area contributed by atoms with Crippen molar-refractivity contribution in [3.05, 3.63) is 51.9 Å². The van der Waals surface area contributed by atoms with Gasteiger partial charge in [-0.3, -0.25) is 4.79 Å². The molecule has 0 radical (unpaired) electrons. The van der Waals surface area contributed by atoms with Crippen molar-refractivity contribution < 1.29 is 4.74 Å². The SMILES string of the molecule is O=c1cc2c(nn1C1COCC1Nc1nc3ccccc3[nH]1)CCSC2. The summed E-state index contributed by atoms with van der Waals surface area (Å²) in [6, 6.07) is 9.43. The molecule has 2 N–H and O–H groups in total. The molecule has 134 valence electrons. The van der Waals surface area contributed by atoms with Gasteiger partial charge < -0.3 is 15.0 Å². The fraction of sp³-hybridized carbons (Fsp3) is 0.389. The highest BCUT2D eigenvalue weighted by Gasteiger charge is 2.32. The smallest absolute Gasteiger partial charge is 0.267 e. The van der Waals surface area contributed by atoms with Crippen molar-refractivity contribution in [2.45, 2.75) is 24.3 Å². The van der Waals surface area contributed by atoms with Crippen molar-refractivity contribution >= 4 is 28.7 Å². The van der Waals surface area contributed by atoms with Gasteiger partial charge in [-0.1, -0.05) is 12.1 Å². The van der Waals surface area contributed by atoms with Crippen LogP contribution in [0.25, 0.3) is 11.0 Å². The molecule has 26 heavy (non-hydrogen) atoms. The summed E-state index contributed by atoms with van der Waals surface area (Å²) < 4.78 is 7.26. The Morgan fingerprint density at radius 2 is 2.23 bits per heavy atom. The molecule has 0 spiro atoms. The van der Waals surface area contributed by atoms with E-state index in [-0.39, 0.29) is 17.6 Å². The third-order valence-corrected chi connectivity index (χ3v) is 5.95. The molecule has 3 aromatic rings. The minimum Gasteiger partial charge on any atom is -0.377 e. The minimum absolute atomic E-state index is 0.0573. The average Bonchev–Trinajstić information content (AvgIpc) is 3.27. The summed E-state index contributed by atoms with van der Waals surface area (Å²) in [5, 5.41) is 8.06. The summed E-state index contributed by atoms with van der Waals surface area (Å²) in [6.45, 7) is 0.987. The third kappa shape index (κ3) is 2.79. The molecule has 0 aliphatic carbocycles. The Morgan fingerprint density at radius 3 is 3.15 bits per heavy atom. The molecular formula is C18H19N5O2S. The molecule has 0 amide bonds. The van der Waals surface area contributed by atoms with Gasteiger partial charge in [-0.25, -0.2) is 9.67 Å². The molecular weight excluding hydrogens is 350 g/mol. The van der Waals surface area contributed by atoms with Gasteiger partial charge in [-0.2, -0.15) is 16.9 Å². The van der Waals surface area contributed by atoms with Crippen LogP contribution in [0.2, 0.25) is 0 Å². The Kier molecular flexibility index (Phi) is 3.94. The number of aromatic amines is 1. The van der Waals surface area contributed by atoms with E-state index in [4.69, 9.17) is 4.74 Å². The second-order valence-electron chi connectivity index (χ2n) is 6.66. The predicted octanol–water partition coefficient (Wildman–Crippen LogP) is 1.96. The zero-order valence-electron chi connectivity index (χ0n) is 14.1. The zero-order valence-corrected chi connectivity index (χ0v) is 15.0. The van der Waals surface area contributed by atoms with Crippen molar-refractivity contribution in [2.24, 2.45) is 0 Å². The van der Waals surface area contributed by atoms with Crippen LogP contribution < -0.4 is 10.9 Å². The highest BCUT2D eigenvalue weighted by molar-refractivity contribution is 7.98. The number of fused-ring (bicyclic) bond motifs is 2. The fourth-order valence-electron chi connectivity index (χ4n) is 3.58. The predicted molar refractivity (Wildman–Crippen MR) is 102 cm³/mol. The number of imidazole rings is 1. The van der Waals surface area contributed by atoms with E-state index in [1.54, 1.807) is 10.7 Å². The van der Waals surface area contributed by atoms with E-state index in [0.717, 1.165) is 40.2 Å². The number of hydrogen-bond donors (Lipinski definition) is 2. The highest BCUT2D eigenvalue weighted by atomic mass is 32.2. The Balaban J connectivity index is 1.44. The van der Waals surface area contributed by atoms with Crippen molar-refractivity contribution in [3.8, 4) is 0 Å². The van der Waals surface area contributed by atoms with E-state index in [9.17, 15) is 4.79 Å². The molecule has 1 aromatic carbocycles. The lowest BCUT2D eigenvalue weighted by Gasteiger charge is -2.22. The van der Waals surface area contributed by atoms with Crippen LogP contribution in [0.5, 0.6) is 0 Å². The Labute approximate surface area is 154 Å². The van der Waals surface area contributed by atoms with Crippen LogP contribution in [0.3, 0.4) is 0 Å². The van der Waals surface area contributed by atoms with Gasteiger partial charge in [-0.05, 0) is 23.4 Å². The highest BCUT2D eigenvalue weighted by Crippen LogP contribution is 2.25. The van der Waals surface area contributed by atoms with Crippen LogP contribution in [-0.2, 0) is 16.9 Å². The van der Waals surface area contributed by atoms with Crippen LogP contribution in [0, 0.1) is 0 Å². The van der Waals surface area contributed by atoms with E-state index in [0.29, 0.717) is 19.2 Å². The molecule has 5 rings (SSSR count). The largest absolute Gasteiger partial charge is 0.377 e. The normalized spacial score (nSPS) is 22.5. The summed E-state index contributed by atoms with van der Waals surface area (Å²) >= 11 is 1.85. The van der Waals surface area contributed by atoms with Crippen molar-refractivity contribution in [2.75, 3.05) is 24.3 Å². The summed E-state index contributed by atoms with van der Waals surface area (Å²) in [5.74, 6) is 2.62. The van der Waals surface area contributed by atoms with Crippen molar-refractivity contribution in [1.29, 1.82) is 0 Å². The topological polar surface area (TPSA) is 84.8 Å². The minimum atomic E-state index is -0.143. The lowest BCUT2D eigenvalue weighted by molar-refractivity contribution is 0.182. The molecule has 4 heterocycles. The Hall–Kier alpha value is -2.32. The summed E-state index contributed by atoms with van der Waals surface area (Å²) in [6.07, 6.45) is 0.912. The number of anilines is 1. The number of thioether (sulfide) groups is 1. The van der Waals surface area contributed by atoms with E-state index in [1.807, 2.05) is 36.0 Å². The first-order valence-corrected chi connectivity index (χ1v) is 9.92. The number of H-pyrrole nitrogens is 1. The average molecular weight is 369 g/mol. The molecule has 2 aliphatic rings. The maximum absolute atomic E-state index is 12.6. The van der Waals surface area contributed by atoms with Crippen LogP contribution in [-0.4, -0.2) is 44.8 Å². The van der Waals surface area contributed by atoms with Gasteiger partial charge in [0.1, 0.15) is 6.04 Å². The lowest BCUT2D eigenvalue weighted by Crippen LogP contribution is -2.38. The number of benzene rings is 1. The monoisotopic (exact) mass is 369 g/mol. The number of nitrogens with one attached hydrogen (secondary N) is 2. The molecule has 2 unspecified atom stereocenters. The zero-order chi connectivity index (χ0) is 17.5. The van der Waals surface area contributed by atoms with Gasteiger partial charge in [0.2, 0.25) is 5.95 Å². The molecule has 1 saturated heterocycles. The van der Waals surface area contributed by atoms with E-state index in [1.165, 1.54) is 0 Å². The fourth-order valence-corrected chi connectivity index (χ4v) is 4.54. The second-order valence-corrected chi connectivity index (χ2v) is 7.77. The molecule has 0 bridgehead atoms. The summed E-state index contributed by atoms with van der Waals surface area (Å²) in [5.41, 5.74) is 3.94. The number of para-hydroxylation sites is 2. The number of rotatable bonds is 3. The van der Waals surface area contributed by atoms with Gasteiger partial charge in [-0.15, -0.1) is 0 Å². The Bertz CT molecular complexity index is 981. The standard InChI is InChI=1S/C18H19N5O2S/c24-17-7-11-10-26-6-5-12(11)22-23(17)16-9-25-8-15(16)21-18-19-13-3-1-2-4-14(13)20-18/h1-4,7,15-16H,5-6,8-10H2,(H2,19,20,21). The molecule has 7 nitrogen and oxygen atoms in total. The number of aromatic nitrogens is 4. The van der Waals surface area contributed by atoms with Crippen LogP contribution >= 0.6 is 11.8 Å². The van der Waals surface area contributed by atoms with Gasteiger partial charge >= 0.3 is 0 Å². The molecule has 0 saturated carbocycles. The maximum Gasteiger partial charge on any atom is 0.267 e. The second kappa shape index (κ2) is 6.44. The first-order valence-electron chi connectivity index (χ1n) is 8.76. The molecule has 8 heteroatoms. The van der Waals surface area contributed by atoms with E-state index < -0.39 is 0 Å². The molecule has 2 aromatic heterocycles. The van der Waals surface area contributed by atoms with Gasteiger partial charge in [0.05, 0.1) is 36.0 Å². The summed E-state index contributed by atoms with van der Waals surface area (Å²) in [4.78, 5) is 20.4. The first kappa shape index (κ1) is 15.9. The Morgan fingerprint density at radius 1 is 1.31 bits per heavy atom. The van der Waals surface area contributed by atoms with E-state index in [2.05, 4.69) is 20.4 Å². The van der Waals surface area contributed by atoms with E-state index >= 15 is 0 Å². The number of ether oxygens (including phenoxy) is 1. The maximum atomic E-state index is 12.6. The van der Waals surface area contributed by atoms with Gasteiger partial charge in [0, 0.05) is 18.2 Å². The van der Waals surface area contributed by atoms with Crippen molar-refractivity contribution in [1.82, 2.24) is 19.7 Å².